The second-order valence-corrected chi connectivity index (χ2v) is 5.81. The summed E-state index contributed by atoms with van der Waals surface area (Å²) in [4.78, 5) is 1.65. The predicted molar refractivity (Wildman–Crippen MR) is 82.5 cm³/mol. The predicted octanol–water partition coefficient (Wildman–Crippen LogP) is 3.06. The maximum atomic E-state index is 14.3. The average Bonchev–Trinajstić information content (AvgIpc) is 2.39. The van der Waals surface area contributed by atoms with E-state index in [2.05, 4.69) is 5.32 Å². The first-order valence-electron chi connectivity index (χ1n) is 7.45. The van der Waals surface area contributed by atoms with Gasteiger partial charge in [0.25, 0.3) is 0 Å². The van der Waals surface area contributed by atoms with Crippen molar-refractivity contribution in [1.29, 1.82) is 0 Å². The van der Waals surface area contributed by atoms with Crippen molar-refractivity contribution in [3.05, 3.63) is 29.3 Å². The third kappa shape index (κ3) is 5.25. The second-order valence-electron chi connectivity index (χ2n) is 5.81. The minimum absolute atomic E-state index is 0.00283. The van der Waals surface area contributed by atoms with Crippen molar-refractivity contribution in [2.45, 2.75) is 52.7 Å². The van der Waals surface area contributed by atoms with Crippen LogP contribution in [0.3, 0.4) is 0 Å². The highest BCUT2D eigenvalue weighted by Gasteiger charge is 2.20. The van der Waals surface area contributed by atoms with Crippen LogP contribution in [0.1, 0.15) is 39.7 Å². The Morgan fingerprint density at radius 1 is 1.14 bits per heavy atom. The third-order valence-electron chi connectivity index (χ3n) is 3.26. The molecule has 0 saturated carbocycles. The SMILES string of the molecule is CC(C)NCc1cc(F)c(N(CCCO)C(C)C)c(F)c1. The smallest absolute Gasteiger partial charge is 0.149 e. The topological polar surface area (TPSA) is 35.5 Å². The highest BCUT2D eigenvalue weighted by atomic mass is 19.1. The number of nitrogens with one attached hydrogen (secondary N) is 1. The lowest BCUT2D eigenvalue weighted by Crippen LogP contribution is -2.34. The first-order chi connectivity index (χ1) is 9.86. The zero-order chi connectivity index (χ0) is 16.0. The highest BCUT2D eigenvalue weighted by molar-refractivity contribution is 5.51. The van der Waals surface area contributed by atoms with Crippen molar-refractivity contribution < 1.29 is 13.9 Å². The summed E-state index contributed by atoms with van der Waals surface area (Å²) in [5, 5.41) is 12.1. The fourth-order valence-electron chi connectivity index (χ4n) is 2.19. The maximum absolute atomic E-state index is 14.3. The lowest BCUT2D eigenvalue weighted by molar-refractivity contribution is 0.288. The van der Waals surface area contributed by atoms with E-state index < -0.39 is 11.6 Å². The van der Waals surface area contributed by atoms with Crippen LogP contribution in [0.5, 0.6) is 0 Å². The summed E-state index contributed by atoms with van der Waals surface area (Å²) in [6.07, 6.45) is 0.480. The molecule has 0 aliphatic heterocycles. The highest BCUT2D eigenvalue weighted by Crippen LogP contribution is 2.27. The van der Waals surface area contributed by atoms with E-state index in [9.17, 15) is 8.78 Å². The molecule has 0 atom stereocenters. The molecule has 0 fully saturated rings. The Balaban J connectivity index is 3.01. The molecule has 1 aromatic carbocycles. The number of anilines is 1. The molecule has 0 saturated heterocycles. The minimum Gasteiger partial charge on any atom is -0.396 e. The van der Waals surface area contributed by atoms with Crippen LogP contribution in [-0.2, 0) is 6.54 Å². The number of benzene rings is 1. The monoisotopic (exact) mass is 300 g/mol. The molecule has 2 N–H and O–H groups in total. The molecule has 0 aliphatic carbocycles. The van der Waals surface area contributed by atoms with Gasteiger partial charge in [0.15, 0.2) is 0 Å². The fraction of sp³-hybridized carbons (Fsp3) is 0.625. The average molecular weight is 300 g/mol. The van der Waals surface area contributed by atoms with Gasteiger partial charge in [0.1, 0.15) is 17.3 Å². The zero-order valence-electron chi connectivity index (χ0n) is 13.3. The number of hydrogen-bond acceptors (Lipinski definition) is 3. The zero-order valence-corrected chi connectivity index (χ0v) is 13.3. The van der Waals surface area contributed by atoms with E-state index in [1.807, 2.05) is 27.7 Å². The van der Waals surface area contributed by atoms with Crippen molar-refractivity contribution in [3.63, 3.8) is 0 Å². The number of aliphatic hydroxyl groups is 1. The molecule has 0 spiro atoms. The van der Waals surface area contributed by atoms with Crippen LogP contribution >= 0.6 is 0 Å². The molecule has 21 heavy (non-hydrogen) atoms. The van der Waals surface area contributed by atoms with Gasteiger partial charge in [-0.05, 0) is 38.0 Å². The van der Waals surface area contributed by atoms with E-state index in [4.69, 9.17) is 5.11 Å². The van der Waals surface area contributed by atoms with Gasteiger partial charge in [0, 0.05) is 31.8 Å². The molecule has 1 aromatic rings. The number of halogens is 2. The maximum Gasteiger partial charge on any atom is 0.149 e. The molecule has 0 unspecified atom stereocenters. The Labute approximate surface area is 126 Å². The van der Waals surface area contributed by atoms with Crippen LogP contribution in [0.2, 0.25) is 0 Å². The van der Waals surface area contributed by atoms with E-state index in [-0.39, 0.29) is 24.4 Å². The van der Waals surface area contributed by atoms with Crippen LogP contribution in [-0.4, -0.2) is 30.3 Å². The molecule has 0 heterocycles. The molecule has 0 aromatic heterocycles. The van der Waals surface area contributed by atoms with E-state index in [0.29, 0.717) is 25.1 Å². The van der Waals surface area contributed by atoms with E-state index in [1.54, 1.807) is 4.90 Å². The van der Waals surface area contributed by atoms with Gasteiger partial charge in [-0.3, -0.25) is 0 Å². The molecule has 0 radical (unpaired) electrons. The summed E-state index contributed by atoms with van der Waals surface area (Å²) in [6.45, 7) is 8.58. The van der Waals surface area contributed by atoms with Gasteiger partial charge in [0.05, 0.1) is 0 Å². The number of rotatable bonds is 8. The summed E-state index contributed by atoms with van der Waals surface area (Å²) < 4.78 is 28.6. The van der Waals surface area contributed by atoms with Crippen molar-refractivity contribution in [2.24, 2.45) is 0 Å². The first kappa shape index (κ1) is 17.9. The van der Waals surface area contributed by atoms with E-state index >= 15 is 0 Å². The van der Waals surface area contributed by atoms with Gasteiger partial charge < -0.3 is 15.3 Å². The Bertz CT molecular complexity index is 427. The Morgan fingerprint density at radius 2 is 1.71 bits per heavy atom. The molecular formula is C16H26F2N2O. The normalized spacial score (nSPS) is 11.5. The van der Waals surface area contributed by atoms with Gasteiger partial charge in [0.2, 0.25) is 0 Å². The first-order valence-corrected chi connectivity index (χ1v) is 7.45. The van der Waals surface area contributed by atoms with Gasteiger partial charge in [-0.1, -0.05) is 13.8 Å². The quantitative estimate of drug-likeness (QED) is 0.774. The van der Waals surface area contributed by atoms with E-state index in [0.717, 1.165) is 0 Å². The van der Waals surface area contributed by atoms with Crippen LogP contribution in [0.25, 0.3) is 0 Å². The Hall–Kier alpha value is -1.20. The molecule has 0 amide bonds. The van der Waals surface area contributed by atoms with Crippen LogP contribution in [0, 0.1) is 11.6 Å². The molecule has 0 bridgehead atoms. The molecule has 0 aliphatic rings. The fourth-order valence-corrected chi connectivity index (χ4v) is 2.19. The lowest BCUT2D eigenvalue weighted by Gasteiger charge is -2.29. The largest absolute Gasteiger partial charge is 0.396 e. The van der Waals surface area contributed by atoms with Crippen LogP contribution in [0.15, 0.2) is 12.1 Å². The number of hydrogen-bond donors (Lipinski definition) is 2. The van der Waals surface area contributed by atoms with Gasteiger partial charge in [-0.2, -0.15) is 0 Å². The molecule has 120 valence electrons. The Morgan fingerprint density at radius 3 is 2.14 bits per heavy atom. The molecule has 1 rings (SSSR count). The number of nitrogens with zero attached hydrogens (tertiary/aromatic N) is 1. The van der Waals surface area contributed by atoms with Gasteiger partial charge in [-0.15, -0.1) is 0 Å². The minimum atomic E-state index is -0.554. The van der Waals surface area contributed by atoms with Crippen LogP contribution < -0.4 is 10.2 Å². The molecule has 3 nitrogen and oxygen atoms in total. The summed E-state index contributed by atoms with van der Waals surface area (Å²) in [5.41, 5.74) is 0.583. The van der Waals surface area contributed by atoms with Crippen molar-refractivity contribution in [1.82, 2.24) is 5.32 Å². The molecule has 5 heteroatoms. The van der Waals surface area contributed by atoms with Gasteiger partial charge >= 0.3 is 0 Å². The Kier molecular flexibility index (Phi) is 7.05. The summed E-state index contributed by atoms with van der Waals surface area (Å²) >= 11 is 0. The standard InChI is InChI=1S/C16H26F2N2O/c1-11(2)19-10-13-8-14(17)16(15(18)9-13)20(12(3)4)6-5-7-21/h8-9,11-12,19,21H,5-7,10H2,1-4H3. The van der Waals surface area contributed by atoms with Gasteiger partial charge in [-0.25, -0.2) is 8.78 Å². The van der Waals surface area contributed by atoms with Crippen molar-refractivity contribution in [2.75, 3.05) is 18.1 Å². The number of aliphatic hydroxyl groups excluding tert-OH is 1. The lowest BCUT2D eigenvalue weighted by atomic mass is 10.1. The third-order valence-corrected chi connectivity index (χ3v) is 3.26. The van der Waals surface area contributed by atoms with Crippen molar-refractivity contribution in [3.8, 4) is 0 Å². The van der Waals surface area contributed by atoms with Crippen LogP contribution in [0.4, 0.5) is 14.5 Å². The summed E-state index contributed by atoms with van der Waals surface area (Å²) in [5.74, 6) is -1.11. The molecular weight excluding hydrogens is 274 g/mol. The summed E-state index contributed by atoms with van der Waals surface area (Å²) in [7, 11) is 0. The summed E-state index contributed by atoms with van der Waals surface area (Å²) in [6, 6.07) is 2.97. The van der Waals surface area contributed by atoms with E-state index in [1.165, 1.54) is 12.1 Å². The van der Waals surface area contributed by atoms with Crippen molar-refractivity contribution >= 4 is 5.69 Å². The second kappa shape index (κ2) is 8.29.